The van der Waals surface area contributed by atoms with E-state index in [4.69, 9.17) is 9.72 Å². The molecule has 2 aromatic rings. The van der Waals surface area contributed by atoms with Gasteiger partial charge in [0.2, 0.25) is 5.91 Å². The third kappa shape index (κ3) is 4.32. The van der Waals surface area contributed by atoms with Crippen LogP contribution in [0.5, 0.6) is 0 Å². The quantitative estimate of drug-likeness (QED) is 0.590. The van der Waals surface area contributed by atoms with Crippen LogP contribution in [0.15, 0.2) is 18.5 Å². The van der Waals surface area contributed by atoms with Crippen LogP contribution in [-0.2, 0) is 40.9 Å². The van der Waals surface area contributed by atoms with Gasteiger partial charge in [-0.3, -0.25) is 9.78 Å². The maximum absolute atomic E-state index is 13.8. The molecule has 0 N–H and O–H groups in total. The lowest BCUT2D eigenvalue weighted by atomic mass is 9.75. The Kier molecular flexibility index (Phi) is 6.20. The van der Waals surface area contributed by atoms with E-state index in [0.29, 0.717) is 11.5 Å². The number of carbonyl (C=O) groups excluding carboxylic acids is 2. The number of ether oxygens (including phenoxy) is 1. The van der Waals surface area contributed by atoms with Crippen LogP contribution in [-0.4, -0.2) is 56.8 Å². The van der Waals surface area contributed by atoms with Gasteiger partial charge in [-0.2, -0.15) is 13.2 Å². The molecule has 11 heteroatoms. The molecule has 0 unspecified atom stereocenters. The summed E-state index contributed by atoms with van der Waals surface area (Å²) >= 11 is 0. The number of nitrogens with zero attached hydrogens (tertiary/aromatic N) is 5. The van der Waals surface area contributed by atoms with Crippen LogP contribution in [0.1, 0.15) is 62.3 Å². The van der Waals surface area contributed by atoms with E-state index >= 15 is 0 Å². The minimum absolute atomic E-state index is 0.0394. The number of anilines is 1. The summed E-state index contributed by atoms with van der Waals surface area (Å²) in [4.78, 5) is 38.3. The average Bonchev–Trinajstić information content (AvgIpc) is 3.24. The van der Waals surface area contributed by atoms with E-state index in [1.54, 1.807) is 37.2 Å². The second kappa shape index (κ2) is 9.08. The van der Waals surface area contributed by atoms with E-state index in [0.717, 1.165) is 42.6 Å². The number of likely N-dealkylation sites (tertiary alicyclic amines) is 1. The summed E-state index contributed by atoms with van der Waals surface area (Å²) in [7, 11) is 0. The Balaban J connectivity index is 1.41. The highest BCUT2D eigenvalue weighted by molar-refractivity contribution is 6.09. The fourth-order valence-corrected chi connectivity index (χ4v) is 5.58. The number of amides is 2. The van der Waals surface area contributed by atoms with Crippen LogP contribution >= 0.6 is 0 Å². The van der Waals surface area contributed by atoms with Gasteiger partial charge in [0.15, 0.2) is 0 Å². The summed E-state index contributed by atoms with van der Waals surface area (Å²) in [6.45, 7) is 4.32. The number of carbonyl (C=O) groups is 2. The first-order valence-electron chi connectivity index (χ1n) is 12.4. The van der Waals surface area contributed by atoms with Crippen LogP contribution in [0.4, 0.5) is 23.7 Å². The van der Waals surface area contributed by atoms with Gasteiger partial charge in [-0.25, -0.2) is 9.78 Å². The van der Waals surface area contributed by atoms with Crippen molar-refractivity contribution in [3.8, 4) is 0 Å². The lowest BCUT2D eigenvalue weighted by Crippen LogP contribution is -2.65. The summed E-state index contributed by atoms with van der Waals surface area (Å²) < 4.78 is 45.7. The summed E-state index contributed by atoms with van der Waals surface area (Å²) in [6.07, 6.45) is 0.962. The standard InChI is InChI=1S/C25H30F3N5O3/c1-16(2)36-23(35)31-14-24(15-31)17-8-10-29-12-20(17)33(22(24)34)13-21-30-18-6-3-4-7-19(18)32(21)11-5-9-25(26,27)28/h8,10,12,16H,3-7,9,11,13-15H2,1-2H3. The molecule has 1 aliphatic carbocycles. The highest BCUT2D eigenvalue weighted by atomic mass is 19.4. The Labute approximate surface area is 207 Å². The molecule has 1 saturated heterocycles. The van der Waals surface area contributed by atoms with E-state index in [1.807, 2.05) is 4.57 Å². The van der Waals surface area contributed by atoms with Gasteiger partial charge in [0, 0.05) is 37.9 Å². The zero-order chi connectivity index (χ0) is 25.7. The second-order valence-corrected chi connectivity index (χ2v) is 10.2. The number of hydrogen-bond acceptors (Lipinski definition) is 5. The van der Waals surface area contributed by atoms with Gasteiger partial charge in [0.1, 0.15) is 11.2 Å². The van der Waals surface area contributed by atoms with E-state index in [1.165, 1.54) is 4.90 Å². The molecule has 8 nitrogen and oxygen atoms in total. The van der Waals surface area contributed by atoms with Crippen molar-refractivity contribution in [2.45, 2.75) is 83.2 Å². The minimum Gasteiger partial charge on any atom is -0.447 e. The number of halogens is 3. The Bertz CT molecular complexity index is 1170. The highest BCUT2D eigenvalue weighted by Gasteiger charge is 2.60. The lowest BCUT2D eigenvalue weighted by molar-refractivity contribution is -0.136. The van der Waals surface area contributed by atoms with Gasteiger partial charge in [-0.15, -0.1) is 0 Å². The number of rotatable bonds is 6. The molecule has 1 spiro atoms. The molecule has 194 valence electrons. The SMILES string of the molecule is CC(C)OC(=O)N1CC2(C1)C(=O)N(Cc1nc3c(n1CCCC(F)(F)F)CCCC3)c1cnccc12. The first-order valence-corrected chi connectivity index (χ1v) is 12.4. The molecular weight excluding hydrogens is 475 g/mol. The molecule has 3 aliphatic rings. The first-order chi connectivity index (χ1) is 17.1. The molecule has 2 aliphatic heterocycles. The van der Waals surface area contributed by atoms with Crippen molar-refractivity contribution >= 4 is 17.7 Å². The van der Waals surface area contributed by atoms with Crippen molar-refractivity contribution < 1.29 is 27.5 Å². The van der Waals surface area contributed by atoms with Crippen LogP contribution in [0.3, 0.4) is 0 Å². The molecule has 0 saturated carbocycles. The van der Waals surface area contributed by atoms with Crippen molar-refractivity contribution in [2.24, 2.45) is 0 Å². The van der Waals surface area contributed by atoms with Gasteiger partial charge in [-0.05, 0) is 57.6 Å². The molecule has 5 rings (SSSR count). The number of alkyl halides is 3. The second-order valence-electron chi connectivity index (χ2n) is 10.2. The van der Waals surface area contributed by atoms with Gasteiger partial charge >= 0.3 is 12.3 Å². The van der Waals surface area contributed by atoms with Crippen molar-refractivity contribution in [1.29, 1.82) is 0 Å². The van der Waals surface area contributed by atoms with Crippen molar-refractivity contribution in [1.82, 2.24) is 19.4 Å². The van der Waals surface area contributed by atoms with Crippen molar-refractivity contribution in [3.05, 3.63) is 41.2 Å². The van der Waals surface area contributed by atoms with E-state index in [2.05, 4.69) is 4.98 Å². The normalized spacial score (nSPS) is 18.4. The Hall–Kier alpha value is -3.11. The van der Waals surface area contributed by atoms with E-state index < -0.39 is 24.1 Å². The van der Waals surface area contributed by atoms with Gasteiger partial charge in [-0.1, -0.05) is 0 Å². The Morgan fingerprint density at radius 2 is 1.97 bits per heavy atom. The van der Waals surface area contributed by atoms with Gasteiger partial charge in [0.25, 0.3) is 0 Å². The Morgan fingerprint density at radius 3 is 2.69 bits per heavy atom. The van der Waals surface area contributed by atoms with Crippen molar-refractivity contribution in [3.63, 3.8) is 0 Å². The highest BCUT2D eigenvalue weighted by Crippen LogP contribution is 2.47. The maximum atomic E-state index is 13.8. The predicted molar refractivity (Wildman–Crippen MR) is 124 cm³/mol. The van der Waals surface area contributed by atoms with Gasteiger partial charge < -0.3 is 19.1 Å². The molecule has 2 aromatic heterocycles. The predicted octanol–water partition coefficient (Wildman–Crippen LogP) is 4.14. The summed E-state index contributed by atoms with van der Waals surface area (Å²) in [5, 5.41) is 0. The largest absolute Gasteiger partial charge is 0.447 e. The smallest absolute Gasteiger partial charge is 0.410 e. The van der Waals surface area contributed by atoms with Crippen LogP contribution < -0.4 is 4.90 Å². The fourth-order valence-electron chi connectivity index (χ4n) is 5.58. The number of imidazole rings is 1. The fraction of sp³-hybridized carbons (Fsp3) is 0.600. The van der Waals surface area contributed by atoms with Gasteiger partial charge in [0.05, 0.1) is 30.2 Å². The summed E-state index contributed by atoms with van der Waals surface area (Å²) in [6, 6.07) is 1.80. The van der Waals surface area contributed by atoms with E-state index in [9.17, 15) is 22.8 Å². The van der Waals surface area contributed by atoms with Crippen LogP contribution in [0, 0.1) is 0 Å². The third-order valence-corrected chi connectivity index (χ3v) is 7.23. The molecule has 1 fully saturated rings. The van der Waals surface area contributed by atoms with Crippen LogP contribution in [0.2, 0.25) is 0 Å². The van der Waals surface area contributed by atoms with Crippen LogP contribution in [0.25, 0.3) is 0 Å². The number of hydrogen-bond donors (Lipinski definition) is 0. The maximum Gasteiger partial charge on any atom is 0.410 e. The molecule has 2 amide bonds. The average molecular weight is 506 g/mol. The molecule has 0 aromatic carbocycles. The minimum atomic E-state index is -4.21. The van der Waals surface area contributed by atoms with Crippen molar-refractivity contribution in [2.75, 3.05) is 18.0 Å². The monoisotopic (exact) mass is 505 g/mol. The molecule has 36 heavy (non-hydrogen) atoms. The first kappa shape index (κ1) is 24.6. The lowest BCUT2D eigenvalue weighted by Gasteiger charge is -2.46. The molecular formula is C25H30F3N5O3. The zero-order valence-corrected chi connectivity index (χ0v) is 20.5. The topological polar surface area (TPSA) is 80.6 Å². The number of fused-ring (bicyclic) bond motifs is 3. The summed E-state index contributed by atoms with van der Waals surface area (Å²) in [5.41, 5.74) is 2.49. The zero-order valence-electron chi connectivity index (χ0n) is 20.5. The molecule has 0 atom stereocenters. The number of pyridine rings is 1. The number of aryl methyl sites for hydroxylation is 1. The molecule has 4 heterocycles. The van der Waals surface area contributed by atoms with E-state index in [-0.39, 0.29) is 44.6 Å². The Morgan fingerprint density at radius 1 is 1.22 bits per heavy atom. The molecule has 0 bridgehead atoms. The summed E-state index contributed by atoms with van der Waals surface area (Å²) in [5.74, 6) is 0.446. The third-order valence-electron chi connectivity index (χ3n) is 7.23. The number of aromatic nitrogens is 3. The molecule has 0 radical (unpaired) electrons.